The molecule has 0 unspecified atom stereocenters. The van der Waals surface area contributed by atoms with Crippen LogP contribution in [0.4, 0.5) is 5.69 Å². The molecule has 1 N–H and O–H groups in total. The monoisotopic (exact) mass is 410 g/mol. The van der Waals surface area contributed by atoms with E-state index in [0.29, 0.717) is 24.1 Å². The van der Waals surface area contributed by atoms with Gasteiger partial charge in [0.1, 0.15) is 0 Å². The summed E-state index contributed by atoms with van der Waals surface area (Å²) in [5.74, 6) is -0.878. The number of aryl methyl sites for hydroxylation is 1. The number of ketones is 1. The van der Waals surface area contributed by atoms with E-state index in [0.717, 1.165) is 15.2 Å². The van der Waals surface area contributed by atoms with Crippen LogP contribution in [0, 0.1) is 0 Å². The number of para-hydroxylation sites is 1. The molecule has 1 aromatic heterocycles. The number of hydrogen-bond donors (Lipinski definition) is 1. The summed E-state index contributed by atoms with van der Waals surface area (Å²) in [6.45, 7) is 3.01. The third-order valence-corrected chi connectivity index (χ3v) is 5.44. The number of rotatable bonds is 8. The molecule has 0 saturated carbocycles. The number of fused-ring (bicyclic) bond motifs is 1. The number of esters is 1. The van der Waals surface area contributed by atoms with Gasteiger partial charge in [-0.05, 0) is 63.1 Å². The van der Waals surface area contributed by atoms with E-state index in [4.69, 9.17) is 4.74 Å². The van der Waals surface area contributed by atoms with Gasteiger partial charge in [0.15, 0.2) is 11.9 Å². The molecule has 150 valence electrons. The van der Waals surface area contributed by atoms with Crippen LogP contribution < -0.4 is 5.32 Å². The summed E-state index contributed by atoms with van der Waals surface area (Å²) in [4.78, 5) is 40.1. The smallest absolute Gasteiger partial charge is 0.306 e. The van der Waals surface area contributed by atoms with Crippen LogP contribution in [0.1, 0.15) is 42.1 Å². The molecule has 0 spiro atoms. The molecule has 1 atom stereocenters. The summed E-state index contributed by atoms with van der Waals surface area (Å²) < 4.78 is 6.35. The molecule has 0 aliphatic heterocycles. The van der Waals surface area contributed by atoms with Crippen molar-refractivity contribution in [3.8, 4) is 0 Å². The van der Waals surface area contributed by atoms with Crippen LogP contribution in [0.3, 0.4) is 0 Å². The Bertz CT molecular complexity index is 994. The van der Waals surface area contributed by atoms with Crippen LogP contribution in [-0.4, -0.2) is 28.7 Å². The quantitative estimate of drug-likeness (QED) is 0.440. The second-order valence-electron chi connectivity index (χ2n) is 6.68. The van der Waals surface area contributed by atoms with E-state index in [1.165, 1.54) is 13.8 Å². The fraction of sp³-hybridized carbons (Fsp3) is 0.273. The first-order chi connectivity index (χ1) is 13.9. The van der Waals surface area contributed by atoms with Crippen LogP contribution in [-0.2, 0) is 20.7 Å². The van der Waals surface area contributed by atoms with Gasteiger partial charge >= 0.3 is 5.97 Å². The van der Waals surface area contributed by atoms with Gasteiger partial charge in [-0.25, -0.2) is 4.98 Å². The molecule has 0 radical (unpaired) electrons. The van der Waals surface area contributed by atoms with Crippen LogP contribution in [0.2, 0.25) is 0 Å². The van der Waals surface area contributed by atoms with Crippen LogP contribution in [0.5, 0.6) is 0 Å². The van der Waals surface area contributed by atoms with Gasteiger partial charge in [-0.1, -0.05) is 12.1 Å². The molecule has 0 fully saturated rings. The Morgan fingerprint density at radius 2 is 1.83 bits per heavy atom. The number of Topliss-reactive ketones (excluding diaryl/α,β-unsaturated/α-hetero) is 1. The van der Waals surface area contributed by atoms with Crippen molar-refractivity contribution in [1.82, 2.24) is 4.98 Å². The molecule has 0 bridgehead atoms. The highest BCUT2D eigenvalue weighted by atomic mass is 32.1. The first-order valence-corrected chi connectivity index (χ1v) is 10.2. The molecule has 1 amide bonds. The Labute approximate surface area is 172 Å². The maximum atomic E-state index is 12.2. The lowest BCUT2D eigenvalue weighted by Gasteiger charge is -2.13. The predicted octanol–water partition coefficient (Wildman–Crippen LogP) is 4.39. The Morgan fingerprint density at radius 3 is 2.52 bits per heavy atom. The summed E-state index contributed by atoms with van der Waals surface area (Å²) in [5.41, 5.74) is 2.08. The molecule has 7 heteroatoms. The Balaban J connectivity index is 1.43. The molecule has 3 rings (SSSR count). The minimum absolute atomic E-state index is 0.0454. The third kappa shape index (κ3) is 5.71. The minimum atomic E-state index is -0.905. The molecule has 2 aromatic carbocycles. The zero-order valence-corrected chi connectivity index (χ0v) is 17.1. The Hall–Kier alpha value is -3.06. The van der Waals surface area contributed by atoms with E-state index in [1.54, 1.807) is 35.6 Å². The number of thiazole rings is 1. The number of carbonyl (C=O) groups excluding carboxylic acids is 3. The van der Waals surface area contributed by atoms with Gasteiger partial charge in [0.25, 0.3) is 5.91 Å². The second kappa shape index (κ2) is 9.43. The lowest BCUT2D eigenvalue weighted by atomic mass is 10.1. The molecule has 0 aliphatic rings. The maximum absolute atomic E-state index is 12.2. The van der Waals surface area contributed by atoms with Crippen molar-refractivity contribution in [1.29, 1.82) is 0 Å². The molecule has 1 heterocycles. The minimum Gasteiger partial charge on any atom is -0.453 e. The van der Waals surface area contributed by atoms with Gasteiger partial charge in [-0.3, -0.25) is 14.4 Å². The number of carbonyl (C=O) groups is 3. The van der Waals surface area contributed by atoms with E-state index >= 15 is 0 Å². The average Bonchev–Trinajstić information content (AvgIpc) is 3.11. The standard InChI is InChI=1S/C22H22N2O4S/c1-14(25)16-10-12-17(13-11-16)23-22(27)15(2)28-21(26)9-5-8-20-24-18-6-3-4-7-19(18)29-20/h3-4,6-7,10-13,15H,5,8-9H2,1-2H3,(H,23,27)/t15-/m0/s1. The first-order valence-electron chi connectivity index (χ1n) is 9.38. The van der Waals surface area contributed by atoms with Crippen molar-refractivity contribution in [3.63, 3.8) is 0 Å². The second-order valence-corrected chi connectivity index (χ2v) is 7.80. The molecule has 29 heavy (non-hydrogen) atoms. The van der Waals surface area contributed by atoms with Crippen molar-refractivity contribution in [2.75, 3.05) is 5.32 Å². The van der Waals surface area contributed by atoms with Crippen LogP contribution in [0.15, 0.2) is 48.5 Å². The third-order valence-electron chi connectivity index (χ3n) is 4.35. The van der Waals surface area contributed by atoms with Gasteiger partial charge in [-0.2, -0.15) is 0 Å². The van der Waals surface area contributed by atoms with Crippen molar-refractivity contribution >= 4 is 44.9 Å². The molecular weight excluding hydrogens is 388 g/mol. The topological polar surface area (TPSA) is 85.4 Å². The summed E-state index contributed by atoms with van der Waals surface area (Å²) in [6.07, 6.45) is 0.621. The highest BCUT2D eigenvalue weighted by Gasteiger charge is 2.18. The van der Waals surface area contributed by atoms with Crippen molar-refractivity contribution in [2.24, 2.45) is 0 Å². The van der Waals surface area contributed by atoms with E-state index in [-0.39, 0.29) is 12.2 Å². The average molecular weight is 410 g/mol. The Morgan fingerprint density at radius 1 is 1.10 bits per heavy atom. The lowest BCUT2D eigenvalue weighted by Crippen LogP contribution is -2.29. The number of ether oxygens (including phenoxy) is 1. The number of nitrogens with zero attached hydrogens (tertiary/aromatic N) is 1. The number of hydrogen-bond acceptors (Lipinski definition) is 6. The van der Waals surface area contributed by atoms with E-state index in [9.17, 15) is 14.4 Å². The number of amides is 1. The summed E-state index contributed by atoms with van der Waals surface area (Å²) >= 11 is 1.62. The van der Waals surface area contributed by atoms with E-state index in [2.05, 4.69) is 10.3 Å². The van der Waals surface area contributed by atoms with Crippen LogP contribution >= 0.6 is 11.3 Å². The fourth-order valence-electron chi connectivity index (χ4n) is 2.75. The van der Waals surface area contributed by atoms with Gasteiger partial charge < -0.3 is 10.1 Å². The van der Waals surface area contributed by atoms with Crippen molar-refractivity contribution < 1.29 is 19.1 Å². The molecule has 0 saturated heterocycles. The Kier molecular flexibility index (Phi) is 6.72. The summed E-state index contributed by atoms with van der Waals surface area (Å²) in [6, 6.07) is 14.5. The number of aromatic nitrogens is 1. The molecular formula is C22H22N2O4S. The van der Waals surface area contributed by atoms with Crippen molar-refractivity contribution in [2.45, 2.75) is 39.2 Å². The first kappa shape index (κ1) is 20.7. The van der Waals surface area contributed by atoms with Gasteiger partial charge in [0.05, 0.1) is 15.2 Å². The van der Waals surface area contributed by atoms with E-state index in [1.807, 2.05) is 24.3 Å². The number of benzene rings is 2. The molecule has 3 aromatic rings. The van der Waals surface area contributed by atoms with Crippen LogP contribution in [0.25, 0.3) is 10.2 Å². The van der Waals surface area contributed by atoms with Gasteiger partial charge in [-0.15, -0.1) is 11.3 Å². The number of nitrogens with one attached hydrogen (secondary N) is 1. The maximum Gasteiger partial charge on any atom is 0.306 e. The summed E-state index contributed by atoms with van der Waals surface area (Å²) in [7, 11) is 0. The normalized spacial score (nSPS) is 11.8. The molecule has 0 aliphatic carbocycles. The molecule has 6 nitrogen and oxygen atoms in total. The zero-order chi connectivity index (χ0) is 20.8. The fourth-order valence-corrected chi connectivity index (χ4v) is 3.76. The van der Waals surface area contributed by atoms with Gasteiger partial charge in [0.2, 0.25) is 0 Å². The predicted molar refractivity (Wildman–Crippen MR) is 113 cm³/mol. The highest BCUT2D eigenvalue weighted by Crippen LogP contribution is 2.22. The van der Waals surface area contributed by atoms with Gasteiger partial charge in [0, 0.05) is 17.7 Å². The zero-order valence-electron chi connectivity index (χ0n) is 16.3. The SMILES string of the molecule is CC(=O)c1ccc(NC(=O)[C@H](C)OC(=O)CCCc2nc3ccccc3s2)cc1. The summed E-state index contributed by atoms with van der Waals surface area (Å²) in [5, 5.41) is 3.66. The lowest BCUT2D eigenvalue weighted by molar-refractivity contribution is -0.153. The largest absolute Gasteiger partial charge is 0.453 e. The van der Waals surface area contributed by atoms with E-state index < -0.39 is 18.0 Å². The highest BCUT2D eigenvalue weighted by molar-refractivity contribution is 7.18. The van der Waals surface area contributed by atoms with Crippen molar-refractivity contribution in [3.05, 3.63) is 59.1 Å². The number of anilines is 1.